The molecule has 1 aliphatic heterocycles. The topological polar surface area (TPSA) is 38.5 Å². The van der Waals surface area contributed by atoms with Gasteiger partial charge >= 0.3 is 0 Å². The lowest BCUT2D eigenvalue weighted by Gasteiger charge is -2.41. The average Bonchev–Trinajstić information content (AvgIpc) is 2.47. The summed E-state index contributed by atoms with van der Waals surface area (Å²) in [5, 5.41) is 0. The van der Waals surface area contributed by atoms with E-state index in [1.807, 2.05) is 24.3 Å². The minimum absolute atomic E-state index is 0.765. The van der Waals surface area contributed by atoms with E-state index >= 15 is 0 Å². The smallest absolute Gasteiger partial charge is 0.121 e. The molecule has 1 aromatic rings. The lowest BCUT2D eigenvalue weighted by Crippen LogP contribution is -2.43. The molecule has 1 heterocycles. The van der Waals surface area contributed by atoms with Crippen molar-refractivity contribution in [2.24, 2.45) is 11.8 Å². The van der Waals surface area contributed by atoms with Crippen LogP contribution in [0, 0.1) is 11.8 Å². The lowest BCUT2D eigenvalue weighted by molar-refractivity contribution is 0.0767. The van der Waals surface area contributed by atoms with Crippen molar-refractivity contribution in [1.29, 1.82) is 0 Å². The van der Waals surface area contributed by atoms with E-state index in [0.717, 1.165) is 36.4 Å². The highest BCUT2D eigenvalue weighted by Gasteiger charge is 2.30. The zero-order valence-corrected chi connectivity index (χ0v) is 12.3. The Hall–Kier alpha value is -1.22. The van der Waals surface area contributed by atoms with Crippen molar-refractivity contribution in [1.82, 2.24) is 4.90 Å². The first kappa shape index (κ1) is 13.7. The Labute approximate surface area is 122 Å². The van der Waals surface area contributed by atoms with E-state index in [9.17, 15) is 0 Å². The fourth-order valence-electron chi connectivity index (χ4n) is 3.78. The first-order valence-corrected chi connectivity index (χ1v) is 8.02. The van der Waals surface area contributed by atoms with Crippen molar-refractivity contribution in [2.45, 2.75) is 32.1 Å². The molecule has 0 bridgehead atoms. The second-order valence-corrected chi connectivity index (χ2v) is 6.31. The van der Waals surface area contributed by atoms with Gasteiger partial charge in [0.2, 0.25) is 0 Å². The normalized spacial score (nSPS) is 27.0. The molecule has 0 aromatic heterocycles. The number of hydrogen-bond acceptors (Lipinski definition) is 3. The van der Waals surface area contributed by atoms with Crippen LogP contribution in [0.4, 0.5) is 5.69 Å². The van der Waals surface area contributed by atoms with Gasteiger partial charge < -0.3 is 10.5 Å². The van der Waals surface area contributed by atoms with Gasteiger partial charge in [0, 0.05) is 24.8 Å². The van der Waals surface area contributed by atoms with Crippen molar-refractivity contribution in [2.75, 3.05) is 32.0 Å². The molecule has 3 rings (SSSR count). The van der Waals surface area contributed by atoms with Crippen LogP contribution >= 0.6 is 0 Å². The van der Waals surface area contributed by atoms with Crippen LogP contribution in [0.3, 0.4) is 0 Å². The third-order valence-corrected chi connectivity index (χ3v) is 4.91. The molecule has 2 N–H and O–H groups in total. The van der Waals surface area contributed by atoms with Crippen molar-refractivity contribution >= 4 is 5.69 Å². The maximum Gasteiger partial charge on any atom is 0.121 e. The van der Waals surface area contributed by atoms with Crippen LogP contribution in [0.25, 0.3) is 0 Å². The van der Waals surface area contributed by atoms with Crippen molar-refractivity contribution in [3.8, 4) is 5.75 Å². The fraction of sp³-hybridized carbons (Fsp3) is 0.647. The quantitative estimate of drug-likeness (QED) is 0.857. The molecule has 3 nitrogen and oxygen atoms in total. The molecule has 1 aliphatic carbocycles. The van der Waals surface area contributed by atoms with Gasteiger partial charge in [-0.1, -0.05) is 25.3 Å². The fourth-order valence-corrected chi connectivity index (χ4v) is 3.78. The van der Waals surface area contributed by atoms with Gasteiger partial charge in [0.05, 0.1) is 0 Å². The average molecular weight is 274 g/mol. The van der Waals surface area contributed by atoms with Crippen molar-refractivity contribution < 1.29 is 4.74 Å². The van der Waals surface area contributed by atoms with E-state index in [-0.39, 0.29) is 0 Å². The third-order valence-electron chi connectivity index (χ3n) is 4.91. The first-order valence-electron chi connectivity index (χ1n) is 8.02. The van der Waals surface area contributed by atoms with Crippen LogP contribution in [0.15, 0.2) is 24.3 Å². The minimum atomic E-state index is 0.765. The van der Waals surface area contributed by atoms with Gasteiger partial charge in [-0.3, -0.25) is 4.90 Å². The molecule has 2 fully saturated rings. The highest BCUT2D eigenvalue weighted by molar-refractivity contribution is 5.43. The monoisotopic (exact) mass is 274 g/mol. The number of benzene rings is 1. The highest BCUT2D eigenvalue weighted by Crippen LogP contribution is 2.35. The summed E-state index contributed by atoms with van der Waals surface area (Å²) in [6, 6.07) is 7.70. The number of rotatable bonds is 4. The maximum atomic E-state index is 5.80. The van der Waals surface area contributed by atoms with Gasteiger partial charge in [-0.25, -0.2) is 0 Å². The number of ether oxygens (including phenoxy) is 1. The number of fused-ring (bicyclic) bond motifs is 1. The lowest BCUT2D eigenvalue weighted by atomic mass is 9.75. The molecule has 3 heteroatoms. The molecule has 2 aliphatic rings. The van der Waals surface area contributed by atoms with Crippen molar-refractivity contribution in [3.05, 3.63) is 24.3 Å². The predicted octanol–water partition coefficient (Wildman–Crippen LogP) is 3.16. The molecule has 20 heavy (non-hydrogen) atoms. The van der Waals surface area contributed by atoms with E-state index in [1.54, 1.807) is 0 Å². The predicted molar refractivity (Wildman–Crippen MR) is 82.9 cm³/mol. The maximum absolute atomic E-state index is 5.80. The van der Waals surface area contributed by atoms with E-state index < -0.39 is 0 Å². The molecule has 1 saturated carbocycles. The molecule has 110 valence electrons. The van der Waals surface area contributed by atoms with Crippen LogP contribution in [0.2, 0.25) is 0 Å². The van der Waals surface area contributed by atoms with Gasteiger partial charge in [-0.2, -0.15) is 0 Å². The Morgan fingerprint density at radius 1 is 1.15 bits per heavy atom. The number of nitrogen functional groups attached to an aromatic ring is 1. The Bertz CT molecular complexity index is 435. The van der Waals surface area contributed by atoms with Crippen molar-refractivity contribution in [3.63, 3.8) is 0 Å². The van der Waals surface area contributed by atoms with Crippen LogP contribution in [-0.2, 0) is 0 Å². The van der Waals surface area contributed by atoms with Crippen LogP contribution in [0.1, 0.15) is 32.1 Å². The molecule has 0 radical (unpaired) electrons. The van der Waals surface area contributed by atoms with E-state index in [0.29, 0.717) is 0 Å². The number of likely N-dealkylation sites (tertiary alicyclic amines) is 1. The molecule has 2 atom stereocenters. The summed E-state index contributed by atoms with van der Waals surface area (Å²) in [5.41, 5.74) is 6.52. The Morgan fingerprint density at radius 2 is 2.00 bits per heavy atom. The van der Waals surface area contributed by atoms with Crippen LogP contribution in [-0.4, -0.2) is 31.1 Å². The molecule has 2 unspecified atom stereocenters. The molecule has 1 saturated heterocycles. The SMILES string of the molecule is Nc1cccc(OCCN2CCC3CCCCC3C2)c1. The van der Waals surface area contributed by atoms with Gasteiger partial charge in [0.25, 0.3) is 0 Å². The number of hydrogen-bond donors (Lipinski definition) is 1. The zero-order chi connectivity index (χ0) is 13.8. The summed E-state index contributed by atoms with van der Waals surface area (Å²) in [7, 11) is 0. The molecule has 0 amide bonds. The van der Waals surface area contributed by atoms with Gasteiger partial charge in [-0.15, -0.1) is 0 Å². The molecular weight excluding hydrogens is 248 g/mol. The summed E-state index contributed by atoms with van der Waals surface area (Å²) < 4.78 is 5.80. The summed E-state index contributed by atoms with van der Waals surface area (Å²) in [4.78, 5) is 2.58. The molecule has 1 aromatic carbocycles. The Balaban J connectivity index is 1.42. The summed E-state index contributed by atoms with van der Waals surface area (Å²) in [6.07, 6.45) is 7.20. The number of nitrogens with two attached hydrogens (primary N) is 1. The number of piperidine rings is 1. The highest BCUT2D eigenvalue weighted by atomic mass is 16.5. The minimum Gasteiger partial charge on any atom is -0.492 e. The van der Waals surface area contributed by atoms with Gasteiger partial charge in [-0.05, 0) is 43.4 Å². The largest absolute Gasteiger partial charge is 0.492 e. The Kier molecular flexibility index (Phi) is 4.46. The zero-order valence-electron chi connectivity index (χ0n) is 12.3. The molecular formula is C17H26N2O. The van der Waals surface area contributed by atoms with Gasteiger partial charge in [0.1, 0.15) is 12.4 Å². The number of anilines is 1. The standard InChI is InChI=1S/C17H26N2O/c18-16-6-3-7-17(12-16)20-11-10-19-9-8-14-4-1-2-5-15(14)13-19/h3,6-7,12,14-15H,1-2,4-5,8-11,13,18H2. The summed E-state index contributed by atoms with van der Waals surface area (Å²) in [5.74, 6) is 2.84. The second-order valence-electron chi connectivity index (χ2n) is 6.31. The van der Waals surface area contributed by atoms with Crippen LogP contribution < -0.4 is 10.5 Å². The first-order chi connectivity index (χ1) is 9.81. The van der Waals surface area contributed by atoms with Crippen LogP contribution in [0.5, 0.6) is 5.75 Å². The Morgan fingerprint density at radius 3 is 2.85 bits per heavy atom. The second kappa shape index (κ2) is 6.49. The van der Waals surface area contributed by atoms with E-state index in [4.69, 9.17) is 10.5 Å². The molecule has 0 spiro atoms. The van der Waals surface area contributed by atoms with Gasteiger partial charge in [0.15, 0.2) is 0 Å². The summed E-state index contributed by atoms with van der Waals surface area (Å²) in [6.45, 7) is 4.34. The van der Waals surface area contributed by atoms with E-state index in [1.165, 1.54) is 45.2 Å². The summed E-state index contributed by atoms with van der Waals surface area (Å²) >= 11 is 0. The number of nitrogens with zero attached hydrogens (tertiary/aromatic N) is 1. The third kappa shape index (κ3) is 3.45. The van der Waals surface area contributed by atoms with E-state index in [2.05, 4.69) is 4.90 Å².